The van der Waals surface area contributed by atoms with E-state index in [-0.39, 0.29) is 22.3 Å². The van der Waals surface area contributed by atoms with Crippen LogP contribution in [0, 0.1) is 125 Å². The third-order valence-electron chi connectivity index (χ3n) is 9.22. The van der Waals surface area contributed by atoms with E-state index in [4.69, 9.17) is 0 Å². The van der Waals surface area contributed by atoms with Crippen LogP contribution in [0.1, 0.15) is 124 Å². The van der Waals surface area contributed by atoms with Gasteiger partial charge in [0.1, 0.15) is 0 Å². The summed E-state index contributed by atoms with van der Waals surface area (Å²) >= 11 is 0. The summed E-state index contributed by atoms with van der Waals surface area (Å²) in [5.74, 6) is 0. The van der Waals surface area contributed by atoms with Crippen molar-refractivity contribution < 1.29 is 0 Å². The van der Waals surface area contributed by atoms with Crippen molar-refractivity contribution in [1.29, 1.82) is 0 Å². The molecule has 8 nitrogen and oxygen atoms in total. The first kappa shape index (κ1) is 66.5. The first-order valence-corrected chi connectivity index (χ1v) is 22.3. The lowest BCUT2D eigenvalue weighted by Gasteiger charge is -1.97. The van der Waals surface area contributed by atoms with E-state index in [0.29, 0.717) is 0 Å². The van der Waals surface area contributed by atoms with Crippen molar-refractivity contribution in [2.24, 2.45) is 0 Å². The number of pyridine rings is 8. The highest BCUT2D eigenvalue weighted by atomic mass is 14.7. The molecule has 8 rings (SSSR count). The van der Waals surface area contributed by atoms with Crippen LogP contribution in [-0.4, -0.2) is 39.9 Å². The van der Waals surface area contributed by atoms with E-state index < -0.39 is 0 Å². The summed E-state index contributed by atoms with van der Waals surface area (Å²) in [6.45, 7) is 36.5. The predicted molar refractivity (Wildman–Crippen MR) is 299 cm³/mol. The molecule has 0 saturated heterocycles. The first-order valence-electron chi connectivity index (χ1n) is 22.3. The summed E-state index contributed by atoms with van der Waals surface area (Å²) in [6, 6.07) is 30.6. The van der Waals surface area contributed by atoms with Crippen LogP contribution in [0.5, 0.6) is 0 Å². The number of hydrogen-bond donors (Lipinski definition) is 0. The molecule has 372 valence electrons. The van der Waals surface area contributed by atoms with E-state index >= 15 is 0 Å². The Bertz CT molecular complexity index is 2250. The van der Waals surface area contributed by atoms with Crippen LogP contribution in [0.2, 0.25) is 0 Å². The zero-order valence-electron chi connectivity index (χ0n) is 43.3. The van der Waals surface area contributed by atoms with Gasteiger partial charge in [0, 0.05) is 94.6 Å². The van der Waals surface area contributed by atoms with Crippen molar-refractivity contribution in [3.63, 3.8) is 0 Å². The van der Waals surface area contributed by atoms with Gasteiger partial charge in [-0.15, -0.1) is 0 Å². The molecule has 8 heterocycles. The average molecular weight is 933 g/mol. The lowest BCUT2D eigenvalue weighted by atomic mass is 10.2. The molecule has 0 bridgehead atoms. The van der Waals surface area contributed by atoms with Crippen LogP contribution >= 0.6 is 0 Å². The number of rotatable bonds is 0. The fraction of sp³-hybridized carbons (Fsp3) is 0.344. The van der Waals surface area contributed by atoms with Gasteiger partial charge in [0.15, 0.2) is 0 Å². The Hall–Kier alpha value is -6.80. The minimum atomic E-state index is 0. The molecule has 0 fully saturated rings. The Morgan fingerprint density at radius 3 is 0.942 bits per heavy atom. The van der Waals surface area contributed by atoms with E-state index in [1.54, 1.807) is 0 Å². The molecule has 0 aliphatic rings. The Labute approximate surface area is 420 Å². The number of hydrogen-bond acceptors (Lipinski definition) is 8. The average Bonchev–Trinajstić information content (AvgIpc) is 3.24. The Morgan fingerprint density at radius 2 is 0.681 bits per heavy atom. The lowest BCUT2D eigenvalue weighted by Crippen LogP contribution is -1.87. The molecule has 0 amide bonds. The molecule has 8 aromatic heterocycles. The second-order valence-corrected chi connectivity index (χ2v) is 16.6. The second kappa shape index (κ2) is 37.2. The topological polar surface area (TPSA) is 103 Å². The summed E-state index contributed by atoms with van der Waals surface area (Å²) in [6.07, 6.45) is 12.9. The summed E-state index contributed by atoms with van der Waals surface area (Å²) in [4.78, 5) is 32.8. The van der Waals surface area contributed by atoms with Gasteiger partial charge in [0.25, 0.3) is 0 Å². The molecule has 0 saturated carbocycles. The molecule has 0 spiro atoms. The van der Waals surface area contributed by atoms with Gasteiger partial charge in [-0.05, 0) is 235 Å². The third-order valence-corrected chi connectivity index (χ3v) is 9.22. The Kier molecular flexibility index (Phi) is 35.9. The van der Waals surface area contributed by atoms with Crippen LogP contribution < -0.4 is 0 Å². The summed E-state index contributed by atoms with van der Waals surface area (Å²) in [5, 5.41) is 0. The molecule has 69 heavy (non-hydrogen) atoms. The minimum Gasteiger partial charge on any atom is -0.264 e. The normalized spacial score (nSPS) is 8.96. The van der Waals surface area contributed by atoms with Crippen LogP contribution in [0.4, 0.5) is 0 Å². The molecule has 0 aliphatic carbocycles. The smallest absolute Gasteiger partial charge is 0.0404 e. The maximum atomic E-state index is 4.27. The SMILES string of the molecule is C.C.C.Cc1cc(C)nc(C)c1.Cc1ccc(C)c(C)n1.Cc1ccc(C)nc1.Cc1ccc(C)nc1.Cc1cccnc1C.Cc1ccnc(C)c1.Cc1ccnc(C)c1.Cc1cncc(C)c1. The minimum absolute atomic E-state index is 0. The van der Waals surface area contributed by atoms with Gasteiger partial charge in [0.05, 0.1) is 0 Å². The van der Waals surface area contributed by atoms with Gasteiger partial charge in [-0.2, -0.15) is 0 Å². The molecule has 0 aliphatic heterocycles. The van der Waals surface area contributed by atoms with Crippen molar-refractivity contribution in [1.82, 2.24) is 39.9 Å². The monoisotopic (exact) mass is 933 g/mol. The zero-order valence-corrected chi connectivity index (χ0v) is 43.3. The second-order valence-electron chi connectivity index (χ2n) is 16.6. The Balaban J connectivity index is -0.000000717. The van der Waals surface area contributed by atoms with Gasteiger partial charge in [0.2, 0.25) is 0 Å². The van der Waals surface area contributed by atoms with Crippen molar-refractivity contribution in [2.45, 2.75) is 147 Å². The van der Waals surface area contributed by atoms with Gasteiger partial charge < -0.3 is 0 Å². The lowest BCUT2D eigenvalue weighted by molar-refractivity contribution is 1.09. The van der Waals surface area contributed by atoms with Crippen LogP contribution in [0.3, 0.4) is 0 Å². The van der Waals surface area contributed by atoms with Gasteiger partial charge in [-0.1, -0.05) is 52.6 Å². The first-order chi connectivity index (χ1) is 31.1. The zero-order chi connectivity index (χ0) is 49.6. The summed E-state index contributed by atoms with van der Waals surface area (Å²) < 4.78 is 0. The number of aromatic nitrogens is 8. The molecule has 0 atom stereocenters. The molecule has 0 radical (unpaired) electrons. The summed E-state index contributed by atoms with van der Waals surface area (Å²) in [5.41, 5.74) is 21.1. The largest absolute Gasteiger partial charge is 0.264 e. The molecule has 0 unspecified atom stereocenters. The predicted octanol–water partition coefficient (Wildman–Crippen LogP) is 16.1. The fourth-order valence-corrected chi connectivity index (χ4v) is 5.53. The maximum absolute atomic E-state index is 4.27. The maximum Gasteiger partial charge on any atom is 0.0404 e. The van der Waals surface area contributed by atoms with Crippen molar-refractivity contribution in [3.05, 3.63) is 236 Å². The number of aryl methyl sites for hydroxylation is 18. The van der Waals surface area contributed by atoms with E-state index in [1.807, 2.05) is 170 Å². The van der Waals surface area contributed by atoms with Crippen molar-refractivity contribution in [2.75, 3.05) is 0 Å². The van der Waals surface area contributed by atoms with Crippen LogP contribution in [0.25, 0.3) is 0 Å². The summed E-state index contributed by atoms with van der Waals surface area (Å²) in [7, 11) is 0. The molecule has 8 heteroatoms. The molecular weight excluding hydrogens is 845 g/mol. The highest BCUT2D eigenvalue weighted by Crippen LogP contribution is 2.04. The van der Waals surface area contributed by atoms with Crippen molar-refractivity contribution in [3.8, 4) is 0 Å². The molecular formula is C61H88N8. The van der Waals surface area contributed by atoms with Gasteiger partial charge >= 0.3 is 0 Å². The van der Waals surface area contributed by atoms with Crippen LogP contribution in [0.15, 0.2) is 134 Å². The number of nitrogens with zero attached hydrogens (tertiary/aromatic N) is 8. The Morgan fingerprint density at radius 1 is 0.261 bits per heavy atom. The fourth-order valence-electron chi connectivity index (χ4n) is 5.53. The van der Waals surface area contributed by atoms with Gasteiger partial charge in [-0.3, -0.25) is 39.9 Å². The molecule has 0 aromatic carbocycles. The van der Waals surface area contributed by atoms with Crippen molar-refractivity contribution >= 4 is 0 Å². The molecule has 8 aromatic rings. The van der Waals surface area contributed by atoms with E-state index in [9.17, 15) is 0 Å². The molecule has 0 N–H and O–H groups in total. The standard InChI is InChI=1S/2C8H11N.6C7H9N.3CH4/c1-6-4-7(2)9-8(3)5-6;1-6-4-5-7(2)9-8(6)3;1-6-3-7(2)5-8-4-6;2*1-6-3-4-8-7(2)5-6;2*1-6-3-4-7(2)8-5-6;1-6-4-3-5-8-7(6)2;;;/h2*4-5H,1-3H3;6*3-5H,1-2H3;3*1H4. The van der Waals surface area contributed by atoms with Crippen LogP contribution in [-0.2, 0) is 0 Å². The quantitative estimate of drug-likeness (QED) is 0.148. The van der Waals surface area contributed by atoms with E-state index in [1.165, 1.54) is 50.1 Å². The van der Waals surface area contributed by atoms with Gasteiger partial charge in [-0.25, -0.2) is 0 Å². The van der Waals surface area contributed by atoms with E-state index in [0.717, 1.165) is 51.2 Å². The van der Waals surface area contributed by atoms with E-state index in [2.05, 4.69) is 129 Å². The third kappa shape index (κ3) is 34.2. The highest BCUT2D eigenvalue weighted by Gasteiger charge is 1.92. The highest BCUT2D eigenvalue weighted by molar-refractivity contribution is 5.20.